The lowest BCUT2D eigenvalue weighted by Gasteiger charge is -2.16. The molecule has 1 atom stereocenters. The molecule has 234 valence electrons. The summed E-state index contributed by atoms with van der Waals surface area (Å²) in [5, 5.41) is 9.51. The molecule has 0 rings (SSSR count). The van der Waals surface area contributed by atoms with Gasteiger partial charge < -0.3 is 14.6 Å². The summed E-state index contributed by atoms with van der Waals surface area (Å²) in [5.41, 5.74) is 0. The van der Waals surface area contributed by atoms with Gasteiger partial charge in [0, 0.05) is 13.0 Å². The summed E-state index contributed by atoms with van der Waals surface area (Å²) in [4.78, 5) is 12.0. The molecule has 0 aromatic heterocycles. The van der Waals surface area contributed by atoms with Crippen LogP contribution in [0.4, 0.5) is 0 Å². The van der Waals surface area contributed by atoms with Crippen LogP contribution in [0.15, 0.2) is 0 Å². The lowest BCUT2D eigenvalue weighted by molar-refractivity contribution is -0.154. The lowest BCUT2D eigenvalue weighted by Crippen LogP contribution is -2.27. The average molecular weight is 555 g/mol. The van der Waals surface area contributed by atoms with E-state index in [2.05, 4.69) is 13.8 Å². The van der Waals surface area contributed by atoms with E-state index in [1.807, 2.05) is 0 Å². The Labute approximate surface area is 244 Å². The van der Waals surface area contributed by atoms with E-state index in [4.69, 9.17) is 9.47 Å². The van der Waals surface area contributed by atoms with Gasteiger partial charge in [0.25, 0.3) is 0 Å². The summed E-state index contributed by atoms with van der Waals surface area (Å²) in [5.74, 6) is -0.200. The van der Waals surface area contributed by atoms with E-state index in [0.29, 0.717) is 19.6 Å². The van der Waals surface area contributed by atoms with Crippen molar-refractivity contribution in [3.05, 3.63) is 0 Å². The Bertz CT molecular complexity index is 468. The van der Waals surface area contributed by atoms with E-state index >= 15 is 0 Å². The zero-order valence-corrected chi connectivity index (χ0v) is 26.7. The SMILES string of the molecule is CCCCCCCCCCCCCCCCCCCCOCC(CO)OC(=O)CCCCCCCCCCC. The molecule has 0 aromatic carbocycles. The molecule has 4 nitrogen and oxygen atoms in total. The van der Waals surface area contributed by atoms with Crippen molar-refractivity contribution in [1.82, 2.24) is 0 Å². The predicted octanol–water partition coefficient (Wildman–Crippen LogP) is 10.9. The van der Waals surface area contributed by atoms with Gasteiger partial charge in [-0.05, 0) is 12.8 Å². The first-order valence-corrected chi connectivity index (χ1v) is 17.6. The van der Waals surface area contributed by atoms with Gasteiger partial charge in [0.05, 0.1) is 13.2 Å². The number of aliphatic hydroxyl groups excluding tert-OH is 1. The quantitative estimate of drug-likeness (QED) is 0.0647. The fourth-order valence-corrected chi connectivity index (χ4v) is 5.27. The van der Waals surface area contributed by atoms with Crippen molar-refractivity contribution in [1.29, 1.82) is 0 Å². The minimum Gasteiger partial charge on any atom is -0.457 e. The fourth-order valence-electron chi connectivity index (χ4n) is 5.27. The fraction of sp³-hybridized carbons (Fsp3) is 0.971. The molecule has 4 heteroatoms. The standard InChI is InChI=1S/C35H70O4/c1-3-5-7-9-11-13-14-15-16-17-18-19-20-21-23-25-27-29-31-38-33-34(32-36)39-35(37)30-28-26-24-22-12-10-8-6-4-2/h34,36H,3-33H2,1-2H3. The highest BCUT2D eigenvalue weighted by atomic mass is 16.6. The first kappa shape index (κ1) is 38.4. The van der Waals surface area contributed by atoms with Crippen molar-refractivity contribution >= 4 is 5.97 Å². The number of aliphatic hydroxyl groups is 1. The number of rotatable bonds is 33. The van der Waals surface area contributed by atoms with Crippen LogP contribution < -0.4 is 0 Å². The van der Waals surface area contributed by atoms with Crippen LogP contribution in [0.3, 0.4) is 0 Å². The number of esters is 1. The Hall–Kier alpha value is -0.610. The molecular formula is C35H70O4. The van der Waals surface area contributed by atoms with Gasteiger partial charge >= 0.3 is 5.97 Å². The van der Waals surface area contributed by atoms with Crippen molar-refractivity contribution in [2.24, 2.45) is 0 Å². The molecular weight excluding hydrogens is 484 g/mol. The zero-order chi connectivity index (χ0) is 28.5. The number of hydrogen-bond acceptors (Lipinski definition) is 4. The van der Waals surface area contributed by atoms with Crippen LogP contribution in [0.5, 0.6) is 0 Å². The summed E-state index contributed by atoms with van der Waals surface area (Å²) in [7, 11) is 0. The van der Waals surface area contributed by atoms with Crippen LogP contribution >= 0.6 is 0 Å². The summed E-state index contributed by atoms with van der Waals surface area (Å²) < 4.78 is 11.1. The summed E-state index contributed by atoms with van der Waals surface area (Å²) in [6.07, 6.45) is 35.7. The molecule has 39 heavy (non-hydrogen) atoms. The molecule has 0 fully saturated rings. The van der Waals surface area contributed by atoms with Gasteiger partial charge in [0.1, 0.15) is 6.10 Å². The molecule has 0 spiro atoms. The molecule has 1 unspecified atom stereocenters. The Morgan fingerprint density at radius 1 is 0.513 bits per heavy atom. The zero-order valence-electron chi connectivity index (χ0n) is 26.7. The van der Waals surface area contributed by atoms with Crippen LogP contribution in [-0.2, 0) is 14.3 Å². The molecule has 0 amide bonds. The van der Waals surface area contributed by atoms with Crippen LogP contribution in [0.2, 0.25) is 0 Å². The van der Waals surface area contributed by atoms with Crippen molar-refractivity contribution < 1.29 is 19.4 Å². The first-order chi connectivity index (χ1) is 19.2. The van der Waals surface area contributed by atoms with Crippen LogP contribution in [0.25, 0.3) is 0 Å². The first-order valence-electron chi connectivity index (χ1n) is 17.6. The van der Waals surface area contributed by atoms with Gasteiger partial charge in [-0.3, -0.25) is 4.79 Å². The number of unbranched alkanes of at least 4 members (excludes halogenated alkanes) is 25. The highest BCUT2D eigenvalue weighted by Crippen LogP contribution is 2.15. The second-order valence-corrected chi connectivity index (χ2v) is 12.0. The smallest absolute Gasteiger partial charge is 0.306 e. The molecule has 0 heterocycles. The van der Waals surface area contributed by atoms with Crippen molar-refractivity contribution in [2.45, 2.75) is 200 Å². The Morgan fingerprint density at radius 2 is 0.846 bits per heavy atom. The minimum absolute atomic E-state index is 0.164. The highest BCUT2D eigenvalue weighted by Gasteiger charge is 2.13. The number of carbonyl (C=O) groups excluding carboxylic acids is 1. The van der Waals surface area contributed by atoms with Crippen LogP contribution in [0, 0.1) is 0 Å². The maximum atomic E-state index is 12.0. The third-order valence-electron chi connectivity index (χ3n) is 7.93. The topological polar surface area (TPSA) is 55.8 Å². The third-order valence-corrected chi connectivity index (χ3v) is 7.93. The molecule has 0 aliphatic carbocycles. The van der Waals surface area contributed by atoms with E-state index < -0.39 is 6.10 Å². The highest BCUT2D eigenvalue weighted by molar-refractivity contribution is 5.69. The summed E-state index contributed by atoms with van der Waals surface area (Å²) in [6, 6.07) is 0. The maximum absolute atomic E-state index is 12.0. The summed E-state index contributed by atoms with van der Waals surface area (Å²) in [6.45, 7) is 5.36. The predicted molar refractivity (Wildman–Crippen MR) is 168 cm³/mol. The van der Waals surface area contributed by atoms with Crippen molar-refractivity contribution in [3.8, 4) is 0 Å². The molecule has 0 aromatic rings. The second kappa shape index (κ2) is 33.6. The lowest BCUT2D eigenvalue weighted by atomic mass is 10.0. The van der Waals surface area contributed by atoms with Crippen LogP contribution in [-0.4, -0.2) is 37.0 Å². The van der Waals surface area contributed by atoms with E-state index in [1.165, 1.54) is 154 Å². The van der Waals surface area contributed by atoms with Gasteiger partial charge in [0.2, 0.25) is 0 Å². The minimum atomic E-state index is -0.522. The van der Waals surface area contributed by atoms with Gasteiger partial charge in [-0.25, -0.2) is 0 Å². The van der Waals surface area contributed by atoms with E-state index in [-0.39, 0.29) is 12.6 Å². The monoisotopic (exact) mass is 555 g/mol. The number of hydrogen-bond donors (Lipinski definition) is 1. The number of ether oxygens (including phenoxy) is 2. The Kier molecular flexibility index (Phi) is 33.1. The molecule has 0 bridgehead atoms. The van der Waals surface area contributed by atoms with Gasteiger partial charge in [-0.1, -0.05) is 174 Å². The normalized spacial score (nSPS) is 12.2. The summed E-state index contributed by atoms with van der Waals surface area (Å²) >= 11 is 0. The molecule has 0 aliphatic heterocycles. The van der Waals surface area contributed by atoms with E-state index in [1.54, 1.807) is 0 Å². The molecule has 0 aliphatic rings. The van der Waals surface area contributed by atoms with E-state index in [0.717, 1.165) is 19.3 Å². The molecule has 1 N–H and O–H groups in total. The van der Waals surface area contributed by atoms with Crippen molar-refractivity contribution in [2.75, 3.05) is 19.8 Å². The maximum Gasteiger partial charge on any atom is 0.306 e. The van der Waals surface area contributed by atoms with Gasteiger partial charge in [-0.2, -0.15) is 0 Å². The number of carbonyl (C=O) groups is 1. The third kappa shape index (κ3) is 31.8. The van der Waals surface area contributed by atoms with Crippen LogP contribution in [0.1, 0.15) is 194 Å². The molecule has 0 saturated heterocycles. The Morgan fingerprint density at radius 3 is 1.21 bits per heavy atom. The Balaban J connectivity index is 3.34. The largest absolute Gasteiger partial charge is 0.457 e. The average Bonchev–Trinajstić information content (AvgIpc) is 2.94. The molecule has 0 saturated carbocycles. The molecule has 0 radical (unpaired) electrons. The second-order valence-electron chi connectivity index (χ2n) is 12.0. The van der Waals surface area contributed by atoms with Gasteiger partial charge in [-0.15, -0.1) is 0 Å². The van der Waals surface area contributed by atoms with Gasteiger partial charge in [0.15, 0.2) is 0 Å². The van der Waals surface area contributed by atoms with E-state index in [9.17, 15) is 9.90 Å². The van der Waals surface area contributed by atoms with Crippen molar-refractivity contribution in [3.63, 3.8) is 0 Å².